The molecule has 4 N–H and O–H groups in total. The number of carbonyl (C=O) groups is 1. The molecule has 0 aromatic heterocycles. The Kier molecular flexibility index (Phi) is 5.70. The summed E-state index contributed by atoms with van der Waals surface area (Å²) in [5, 5.41) is 1.10. The molecule has 0 heterocycles. The Hall–Kier alpha value is -1.41. The van der Waals surface area contributed by atoms with Gasteiger partial charge in [-0.3, -0.25) is 0 Å². The summed E-state index contributed by atoms with van der Waals surface area (Å²) in [6.45, 7) is -0.250. The van der Waals surface area contributed by atoms with Gasteiger partial charge in [0, 0.05) is 13.5 Å². The molecule has 0 saturated carbocycles. The predicted octanol–water partition coefficient (Wildman–Crippen LogP) is 0.730. The number of alkyl halides is 2. The number of hydrogen-bond acceptors (Lipinski definition) is 6. The molecule has 6 nitrogen and oxygen atoms in total. The lowest BCUT2D eigenvalue weighted by Gasteiger charge is -2.30. The first-order chi connectivity index (χ1) is 9.27. The largest absolute Gasteiger partial charge is 0.467 e. The summed E-state index contributed by atoms with van der Waals surface area (Å²) >= 11 is 0. The van der Waals surface area contributed by atoms with Crippen molar-refractivity contribution in [1.29, 1.82) is 0 Å². The lowest BCUT2D eigenvalue weighted by Crippen LogP contribution is -2.37. The number of nitrogens with zero attached hydrogens (tertiary/aromatic N) is 1. The molecule has 0 spiro atoms. The highest BCUT2D eigenvalue weighted by atomic mass is 19.3. The van der Waals surface area contributed by atoms with Crippen molar-refractivity contribution < 1.29 is 23.0 Å². The first-order valence-electron chi connectivity index (χ1n) is 6.31. The Labute approximate surface area is 116 Å². The average molecular weight is 293 g/mol. The fourth-order valence-corrected chi connectivity index (χ4v) is 2.04. The average Bonchev–Trinajstić information content (AvgIpc) is 2.38. The van der Waals surface area contributed by atoms with Crippen LogP contribution in [-0.2, 0) is 14.3 Å². The van der Waals surface area contributed by atoms with Gasteiger partial charge in [-0.1, -0.05) is 0 Å². The Morgan fingerprint density at radius 1 is 1.50 bits per heavy atom. The summed E-state index contributed by atoms with van der Waals surface area (Å²) in [7, 11) is 2.70. The van der Waals surface area contributed by atoms with E-state index in [-0.39, 0.29) is 25.1 Å². The van der Waals surface area contributed by atoms with Crippen LogP contribution in [0.15, 0.2) is 11.4 Å². The van der Waals surface area contributed by atoms with Crippen LogP contribution in [-0.4, -0.2) is 43.8 Å². The summed E-state index contributed by atoms with van der Waals surface area (Å²) in [5.41, 5.74) is 5.21. The number of allylic oxidation sites excluding steroid dienone is 2. The molecule has 1 aliphatic carbocycles. The predicted molar refractivity (Wildman–Crippen MR) is 68.3 cm³/mol. The molecule has 0 aliphatic heterocycles. The Morgan fingerprint density at radius 2 is 2.15 bits per heavy atom. The molecule has 116 valence electrons. The van der Waals surface area contributed by atoms with E-state index in [9.17, 15) is 13.6 Å². The number of ether oxygens (including phenoxy) is 2. The van der Waals surface area contributed by atoms with Crippen LogP contribution in [0.25, 0.3) is 0 Å². The van der Waals surface area contributed by atoms with Crippen LogP contribution in [0.4, 0.5) is 8.78 Å². The number of halogens is 2. The maximum absolute atomic E-state index is 13.9. The second kappa shape index (κ2) is 6.85. The van der Waals surface area contributed by atoms with E-state index in [1.165, 1.54) is 14.2 Å². The van der Waals surface area contributed by atoms with E-state index >= 15 is 0 Å². The van der Waals surface area contributed by atoms with Crippen molar-refractivity contribution in [3.8, 4) is 0 Å². The SMILES string of the molecule is COC(=O)COC1CC/C(N(C)N)=C(/N)C(F)(F)CC1. The zero-order valence-corrected chi connectivity index (χ0v) is 11.7. The van der Waals surface area contributed by atoms with Gasteiger partial charge in [0.15, 0.2) is 0 Å². The minimum Gasteiger partial charge on any atom is -0.467 e. The topological polar surface area (TPSA) is 90.8 Å². The van der Waals surface area contributed by atoms with Gasteiger partial charge in [0.25, 0.3) is 5.92 Å². The maximum atomic E-state index is 13.9. The van der Waals surface area contributed by atoms with Gasteiger partial charge in [-0.25, -0.2) is 10.6 Å². The van der Waals surface area contributed by atoms with Gasteiger partial charge in [0.1, 0.15) is 6.61 Å². The molecule has 0 radical (unpaired) electrons. The van der Waals surface area contributed by atoms with Gasteiger partial charge in [-0.05, 0) is 19.3 Å². The van der Waals surface area contributed by atoms with Crippen LogP contribution in [0.3, 0.4) is 0 Å². The zero-order chi connectivity index (χ0) is 15.3. The number of hydrazine groups is 1. The van der Waals surface area contributed by atoms with Gasteiger partial charge >= 0.3 is 5.97 Å². The van der Waals surface area contributed by atoms with Gasteiger partial charge in [0.05, 0.1) is 24.6 Å². The standard InChI is InChI=1S/C12H21F2N3O3/c1-17(16)9-4-3-8(20-7-10(18)19-2)5-6-12(13,14)11(9)15/h8H,3-7,15-16H2,1-2H3/b11-9-. The van der Waals surface area contributed by atoms with Crippen LogP contribution in [0.5, 0.6) is 0 Å². The van der Waals surface area contributed by atoms with Crippen molar-refractivity contribution >= 4 is 5.97 Å². The van der Waals surface area contributed by atoms with Crippen LogP contribution in [0.1, 0.15) is 25.7 Å². The molecule has 0 saturated heterocycles. The molecule has 1 atom stereocenters. The van der Waals surface area contributed by atoms with Crippen molar-refractivity contribution in [3.05, 3.63) is 11.4 Å². The number of hydrogen-bond donors (Lipinski definition) is 2. The van der Waals surface area contributed by atoms with Crippen molar-refractivity contribution in [2.75, 3.05) is 20.8 Å². The molecular formula is C12H21F2N3O3. The second-order valence-corrected chi connectivity index (χ2v) is 4.76. The number of rotatable bonds is 4. The van der Waals surface area contributed by atoms with E-state index in [0.717, 1.165) is 5.01 Å². The number of methoxy groups -OCH3 is 1. The molecule has 8 heteroatoms. The van der Waals surface area contributed by atoms with E-state index in [0.29, 0.717) is 6.42 Å². The summed E-state index contributed by atoms with van der Waals surface area (Å²) < 4.78 is 37.5. The quantitative estimate of drug-likeness (QED) is 0.451. The molecule has 0 bridgehead atoms. The van der Waals surface area contributed by atoms with Gasteiger partial charge in [-0.2, -0.15) is 8.78 Å². The highest BCUT2D eigenvalue weighted by Crippen LogP contribution is 2.34. The van der Waals surface area contributed by atoms with E-state index < -0.39 is 30.1 Å². The lowest BCUT2D eigenvalue weighted by atomic mass is 9.96. The summed E-state index contributed by atoms with van der Waals surface area (Å²) in [5.74, 6) is 1.87. The van der Waals surface area contributed by atoms with Gasteiger partial charge in [-0.15, -0.1) is 0 Å². The normalized spacial score (nSPS) is 26.6. The van der Waals surface area contributed by atoms with E-state index in [2.05, 4.69) is 4.74 Å². The van der Waals surface area contributed by atoms with E-state index in [1.54, 1.807) is 0 Å². The van der Waals surface area contributed by atoms with Crippen LogP contribution in [0, 0.1) is 0 Å². The third kappa shape index (κ3) is 4.31. The Bertz CT molecular complexity index is 386. The third-order valence-electron chi connectivity index (χ3n) is 3.28. The van der Waals surface area contributed by atoms with Crippen molar-refractivity contribution in [1.82, 2.24) is 5.01 Å². The second-order valence-electron chi connectivity index (χ2n) is 4.76. The fraction of sp³-hybridized carbons (Fsp3) is 0.750. The minimum absolute atomic E-state index is 0.117. The molecule has 0 fully saturated rings. The number of esters is 1. The van der Waals surface area contributed by atoms with Crippen LogP contribution < -0.4 is 11.6 Å². The molecule has 20 heavy (non-hydrogen) atoms. The van der Waals surface area contributed by atoms with Crippen molar-refractivity contribution in [3.63, 3.8) is 0 Å². The molecule has 1 aliphatic rings. The third-order valence-corrected chi connectivity index (χ3v) is 3.28. The van der Waals surface area contributed by atoms with E-state index in [1.807, 2.05) is 0 Å². The lowest BCUT2D eigenvalue weighted by molar-refractivity contribution is -0.148. The first kappa shape index (κ1) is 16.6. The van der Waals surface area contributed by atoms with Crippen molar-refractivity contribution in [2.24, 2.45) is 11.6 Å². The minimum atomic E-state index is -3.13. The van der Waals surface area contributed by atoms with E-state index in [4.69, 9.17) is 16.3 Å². The number of nitrogens with two attached hydrogens (primary N) is 2. The van der Waals surface area contributed by atoms with Gasteiger partial charge < -0.3 is 20.2 Å². The summed E-state index contributed by atoms with van der Waals surface area (Å²) in [6, 6.07) is 0. The fourth-order valence-electron chi connectivity index (χ4n) is 2.04. The highest BCUT2D eigenvalue weighted by Gasteiger charge is 2.37. The monoisotopic (exact) mass is 293 g/mol. The van der Waals surface area contributed by atoms with Crippen LogP contribution >= 0.6 is 0 Å². The Balaban J connectivity index is 2.76. The number of carbonyl (C=O) groups excluding carboxylic acids is 1. The molecule has 0 amide bonds. The highest BCUT2D eigenvalue weighted by molar-refractivity contribution is 5.70. The molecule has 0 aromatic carbocycles. The summed E-state index contributed by atoms with van der Waals surface area (Å²) in [6.07, 6.45) is -0.0536. The smallest absolute Gasteiger partial charge is 0.331 e. The maximum Gasteiger partial charge on any atom is 0.331 e. The molecule has 0 aromatic rings. The molecule has 1 unspecified atom stereocenters. The zero-order valence-electron chi connectivity index (χ0n) is 11.7. The summed E-state index contributed by atoms with van der Waals surface area (Å²) in [4.78, 5) is 11.0. The van der Waals surface area contributed by atoms with Crippen molar-refractivity contribution in [2.45, 2.75) is 37.7 Å². The Morgan fingerprint density at radius 3 is 2.70 bits per heavy atom. The molecule has 1 rings (SSSR count). The van der Waals surface area contributed by atoms with Crippen LogP contribution in [0.2, 0.25) is 0 Å². The first-order valence-corrected chi connectivity index (χ1v) is 6.31. The molecular weight excluding hydrogens is 272 g/mol. The van der Waals surface area contributed by atoms with Gasteiger partial charge in [0.2, 0.25) is 0 Å².